The van der Waals surface area contributed by atoms with Gasteiger partial charge in [-0.25, -0.2) is 0 Å². The van der Waals surface area contributed by atoms with Crippen molar-refractivity contribution < 1.29 is 4.74 Å². The molecule has 0 heterocycles. The van der Waals surface area contributed by atoms with E-state index in [2.05, 4.69) is 50.4 Å². The van der Waals surface area contributed by atoms with Crippen molar-refractivity contribution in [3.8, 4) is 5.75 Å². The van der Waals surface area contributed by atoms with E-state index in [-0.39, 0.29) is 11.0 Å². The third-order valence-electron chi connectivity index (χ3n) is 4.89. The summed E-state index contributed by atoms with van der Waals surface area (Å²) in [5.74, 6) is 1.05. The Balaban J connectivity index is 1.62. The van der Waals surface area contributed by atoms with Gasteiger partial charge in [0.25, 0.3) is 0 Å². The van der Waals surface area contributed by atoms with Crippen LogP contribution in [0.4, 0.5) is 0 Å². The summed E-state index contributed by atoms with van der Waals surface area (Å²) in [5.41, 5.74) is 1.63. The Morgan fingerprint density at radius 1 is 1.24 bits per heavy atom. The van der Waals surface area contributed by atoms with Crippen LogP contribution in [0.3, 0.4) is 0 Å². The quantitative estimate of drug-likeness (QED) is 0.836. The molecule has 1 N–H and O–H groups in total. The summed E-state index contributed by atoms with van der Waals surface area (Å²) in [6.45, 7) is 7.87. The second kappa shape index (κ2) is 5.64. The van der Waals surface area contributed by atoms with Gasteiger partial charge in [-0.15, -0.1) is 0 Å². The van der Waals surface area contributed by atoms with E-state index in [0.717, 1.165) is 24.8 Å². The fourth-order valence-electron chi connectivity index (χ4n) is 3.04. The van der Waals surface area contributed by atoms with Gasteiger partial charge in [0.2, 0.25) is 0 Å². The van der Waals surface area contributed by atoms with E-state index in [0.29, 0.717) is 0 Å². The van der Waals surface area contributed by atoms with Crippen LogP contribution >= 0.6 is 0 Å². The van der Waals surface area contributed by atoms with Crippen molar-refractivity contribution >= 4 is 0 Å². The van der Waals surface area contributed by atoms with Gasteiger partial charge in [0.05, 0.1) is 0 Å². The lowest BCUT2D eigenvalue weighted by Crippen LogP contribution is -2.45. The van der Waals surface area contributed by atoms with Gasteiger partial charge in [-0.1, -0.05) is 32.9 Å². The van der Waals surface area contributed by atoms with Crippen molar-refractivity contribution in [3.05, 3.63) is 29.8 Å². The Bertz CT molecular complexity index is 481. The van der Waals surface area contributed by atoms with Gasteiger partial charge < -0.3 is 10.1 Å². The third-order valence-corrected chi connectivity index (χ3v) is 4.89. The van der Waals surface area contributed by atoms with Gasteiger partial charge in [-0.3, -0.25) is 0 Å². The van der Waals surface area contributed by atoms with Gasteiger partial charge in [-0.2, -0.15) is 0 Å². The molecule has 2 aliphatic carbocycles. The van der Waals surface area contributed by atoms with E-state index in [1.165, 1.54) is 37.7 Å². The van der Waals surface area contributed by atoms with Crippen LogP contribution in [0.1, 0.15) is 64.9 Å². The second-order valence-corrected chi connectivity index (χ2v) is 7.89. The summed E-state index contributed by atoms with van der Waals surface area (Å²) in [6, 6.07) is 9.48. The second-order valence-electron chi connectivity index (χ2n) is 7.89. The molecule has 0 unspecified atom stereocenters. The molecule has 0 aromatic heterocycles. The molecule has 2 fully saturated rings. The molecule has 116 valence electrons. The molecule has 3 rings (SSSR count). The maximum atomic E-state index is 6.44. The van der Waals surface area contributed by atoms with Gasteiger partial charge in [-0.05, 0) is 68.2 Å². The van der Waals surface area contributed by atoms with Crippen LogP contribution < -0.4 is 10.1 Å². The smallest absolute Gasteiger partial charge is 0.120 e. The van der Waals surface area contributed by atoms with Crippen LogP contribution in [-0.2, 0) is 5.41 Å². The molecule has 0 saturated heterocycles. The minimum Gasteiger partial charge on any atom is -0.487 e. The van der Waals surface area contributed by atoms with Crippen LogP contribution in [-0.4, -0.2) is 18.2 Å². The normalized spacial score (nSPS) is 20.9. The number of hydrogen-bond donors (Lipinski definition) is 1. The van der Waals surface area contributed by atoms with E-state index >= 15 is 0 Å². The first kappa shape index (κ1) is 14.9. The van der Waals surface area contributed by atoms with Crippen LogP contribution in [0.15, 0.2) is 24.3 Å². The lowest BCUT2D eigenvalue weighted by Gasteiger charge is -2.42. The molecule has 1 aromatic rings. The molecule has 0 spiro atoms. The minimum atomic E-state index is 0.0956. The third kappa shape index (κ3) is 3.79. The molecule has 2 saturated carbocycles. The van der Waals surface area contributed by atoms with Crippen LogP contribution in [0, 0.1) is 0 Å². The Labute approximate surface area is 129 Å². The zero-order valence-corrected chi connectivity index (χ0v) is 13.7. The maximum absolute atomic E-state index is 6.44. The van der Waals surface area contributed by atoms with Crippen molar-refractivity contribution in [1.82, 2.24) is 5.32 Å². The summed E-state index contributed by atoms with van der Waals surface area (Å²) in [7, 11) is 0. The molecule has 21 heavy (non-hydrogen) atoms. The molecule has 2 nitrogen and oxygen atoms in total. The zero-order valence-electron chi connectivity index (χ0n) is 13.7. The van der Waals surface area contributed by atoms with Crippen molar-refractivity contribution in [3.63, 3.8) is 0 Å². The number of hydrogen-bond acceptors (Lipinski definition) is 2. The average molecular weight is 287 g/mol. The Morgan fingerprint density at radius 3 is 2.57 bits per heavy atom. The summed E-state index contributed by atoms with van der Waals surface area (Å²) < 4.78 is 6.44. The first-order valence-electron chi connectivity index (χ1n) is 8.50. The van der Waals surface area contributed by atoms with E-state index < -0.39 is 0 Å². The first-order valence-corrected chi connectivity index (χ1v) is 8.50. The van der Waals surface area contributed by atoms with Gasteiger partial charge in [0.15, 0.2) is 0 Å². The Kier molecular flexibility index (Phi) is 4.00. The Hall–Kier alpha value is -1.02. The number of rotatable bonds is 6. The van der Waals surface area contributed by atoms with Crippen LogP contribution in [0.2, 0.25) is 0 Å². The van der Waals surface area contributed by atoms with Gasteiger partial charge in [0.1, 0.15) is 11.4 Å². The molecule has 2 aliphatic rings. The van der Waals surface area contributed by atoms with Crippen molar-refractivity contribution in [2.24, 2.45) is 0 Å². The lowest BCUT2D eigenvalue weighted by molar-refractivity contribution is -0.0144. The summed E-state index contributed by atoms with van der Waals surface area (Å²) >= 11 is 0. The van der Waals surface area contributed by atoms with Crippen LogP contribution in [0.5, 0.6) is 5.75 Å². The monoisotopic (exact) mass is 287 g/mol. The first-order chi connectivity index (χ1) is 9.97. The average Bonchev–Trinajstić information content (AvgIpc) is 3.19. The van der Waals surface area contributed by atoms with E-state index in [1.807, 2.05) is 0 Å². The highest BCUT2D eigenvalue weighted by Crippen LogP contribution is 2.40. The topological polar surface area (TPSA) is 21.3 Å². The lowest BCUT2D eigenvalue weighted by atomic mass is 9.77. The van der Waals surface area contributed by atoms with E-state index in [1.54, 1.807) is 0 Å². The zero-order chi connectivity index (χ0) is 14.9. The van der Waals surface area contributed by atoms with E-state index in [4.69, 9.17) is 4.74 Å². The van der Waals surface area contributed by atoms with Crippen molar-refractivity contribution in [2.75, 3.05) is 6.54 Å². The molecule has 0 radical (unpaired) electrons. The molecular formula is C19H29NO. The molecule has 0 atom stereocenters. The molecule has 1 aromatic carbocycles. The number of nitrogens with one attached hydrogen (secondary N) is 1. The van der Waals surface area contributed by atoms with Crippen molar-refractivity contribution in [1.29, 1.82) is 0 Å². The highest BCUT2D eigenvalue weighted by atomic mass is 16.5. The molecule has 0 amide bonds. The molecule has 2 heteroatoms. The molecular weight excluding hydrogens is 258 g/mol. The number of ether oxygens (including phenoxy) is 1. The van der Waals surface area contributed by atoms with E-state index in [9.17, 15) is 0 Å². The van der Waals surface area contributed by atoms with Gasteiger partial charge >= 0.3 is 0 Å². The predicted molar refractivity (Wildman–Crippen MR) is 88.0 cm³/mol. The van der Waals surface area contributed by atoms with Crippen molar-refractivity contribution in [2.45, 2.75) is 76.4 Å². The minimum absolute atomic E-state index is 0.0956. The standard InChI is InChI=1S/C19H29NO/c1-18(2,3)15-6-4-7-17(14-15)21-19(10-5-11-19)12-13-20-16-8-9-16/h4,6-7,14,16,20H,5,8-13H2,1-3H3. The summed E-state index contributed by atoms with van der Waals surface area (Å²) in [6.07, 6.45) is 7.59. The summed E-state index contributed by atoms with van der Waals surface area (Å²) in [4.78, 5) is 0. The Morgan fingerprint density at radius 2 is 2.00 bits per heavy atom. The van der Waals surface area contributed by atoms with Crippen LogP contribution in [0.25, 0.3) is 0 Å². The highest BCUT2D eigenvalue weighted by Gasteiger charge is 2.39. The SMILES string of the molecule is CC(C)(C)c1cccc(OC2(CCNC3CC3)CCC2)c1. The largest absolute Gasteiger partial charge is 0.487 e. The molecule has 0 bridgehead atoms. The highest BCUT2D eigenvalue weighted by molar-refractivity contribution is 5.33. The predicted octanol–water partition coefficient (Wildman–Crippen LogP) is 4.43. The maximum Gasteiger partial charge on any atom is 0.120 e. The van der Waals surface area contributed by atoms with Gasteiger partial charge in [0, 0.05) is 6.04 Å². The fourth-order valence-corrected chi connectivity index (χ4v) is 3.04. The molecule has 0 aliphatic heterocycles. The fraction of sp³-hybridized carbons (Fsp3) is 0.684. The number of benzene rings is 1. The summed E-state index contributed by atoms with van der Waals surface area (Å²) in [5, 5.41) is 3.62.